The van der Waals surface area contributed by atoms with Crippen LogP contribution in [0, 0.1) is 0 Å². The van der Waals surface area contributed by atoms with Gasteiger partial charge in [0.25, 0.3) is 10.2 Å². The lowest BCUT2D eigenvalue weighted by Gasteiger charge is -2.17. The van der Waals surface area contributed by atoms with Crippen molar-refractivity contribution >= 4 is 10.2 Å². The second-order valence-corrected chi connectivity index (χ2v) is 5.82. The second-order valence-electron chi connectivity index (χ2n) is 3.95. The van der Waals surface area contributed by atoms with Crippen LogP contribution in [0.25, 0.3) is 0 Å². The molecule has 0 aromatic heterocycles. The number of hydrogen-bond donors (Lipinski definition) is 2. The van der Waals surface area contributed by atoms with Gasteiger partial charge in [0, 0.05) is 26.7 Å². The summed E-state index contributed by atoms with van der Waals surface area (Å²) in [4.78, 5) is 2.00. The molecular weight excluding hydrogens is 230 g/mol. The largest absolute Gasteiger partial charge is 0.396 e. The average molecular weight is 253 g/mol. The van der Waals surface area contributed by atoms with Gasteiger partial charge in [0.2, 0.25) is 0 Å². The monoisotopic (exact) mass is 253 g/mol. The van der Waals surface area contributed by atoms with Gasteiger partial charge in [-0.25, -0.2) is 4.72 Å². The highest BCUT2D eigenvalue weighted by atomic mass is 32.2. The van der Waals surface area contributed by atoms with Crippen LogP contribution >= 0.6 is 0 Å². The molecule has 0 aliphatic heterocycles. The van der Waals surface area contributed by atoms with Crippen LogP contribution in [0.4, 0.5) is 0 Å². The molecule has 6 nitrogen and oxygen atoms in total. The molecule has 0 unspecified atom stereocenters. The van der Waals surface area contributed by atoms with Gasteiger partial charge in [-0.3, -0.25) is 0 Å². The summed E-state index contributed by atoms with van der Waals surface area (Å²) in [6.07, 6.45) is 1.23. The molecule has 0 saturated carbocycles. The van der Waals surface area contributed by atoms with Crippen LogP contribution in [-0.2, 0) is 10.2 Å². The molecule has 98 valence electrons. The van der Waals surface area contributed by atoms with Gasteiger partial charge in [-0.15, -0.1) is 0 Å². The molecule has 0 saturated heterocycles. The minimum Gasteiger partial charge on any atom is -0.396 e. The Hall–Kier alpha value is -0.210. The van der Waals surface area contributed by atoms with Gasteiger partial charge in [0.05, 0.1) is 0 Å². The molecular formula is C9H23N3O3S. The third kappa shape index (κ3) is 7.13. The van der Waals surface area contributed by atoms with E-state index in [0.29, 0.717) is 19.5 Å². The topological polar surface area (TPSA) is 72.9 Å². The van der Waals surface area contributed by atoms with Gasteiger partial charge in [0.15, 0.2) is 0 Å². The minimum atomic E-state index is -3.38. The van der Waals surface area contributed by atoms with Crippen molar-refractivity contribution in [2.45, 2.75) is 12.8 Å². The summed E-state index contributed by atoms with van der Waals surface area (Å²) in [6, 6.07) is 0. The van der Waals surface area contributed by atoms with Crippen molar-refractivity contribution in [2.75, 3.05) is 47.4 Å². The highest BCUT2D eigenvalue weighted by molar-refractivity contribution is 7.87. The van der Waals surface area contributed by atoms with Gasteiger partial charge < -0.3 is 10.0 Å². The number of aliphatic hydroxyl groups is 1. The van der Waals surface area contributed by atoms with Crippen molar-refractivity contribution in [2.24, 2.45) is 0 Å². The lowest BCUT2D eigenvalue weighted by molar-refractivity contribution is 0.275. The molecule has 0 aliphatic rings. The van der Waals surface area contributed by atoms with Crippen LogP contribution in [0.2, 0.25) is 0 Å². The van der Waals surface area contributed by atoms with E-state index in [4.69, 9.17) is 5.11 Å². The maximum absolute atomic E-state index is 11.6. The van der Waals surface area contributed by atoms with Crippen LogP contribution in [0.15, 0.2) is 0 Å². The zero-order valence-electron chi connectivity index (χ0n) is 10.3. The predicted molar refractivity (Wildman–Crippen MR) is 64.4 cm³/mol. The van der Waals surface area contributed by atoms with Crippen LogP contribution in [0.3, 0.4) is 0 Å². The molecule has 0 amide bonds. The number of nitrogens with one attached hydrogen (secondary N) is 1. The lowest BCUT2D eigenvalue weighted by atomic mass is 10.4. The zero-order chi connectivity index (χ0) is 12.6. The van der Waals surface area contributed by atoms with E-state index >= 15 is 0 Å². The number of hydrogen-bond acceptors (Lipinski definition) is 4. The first-order valence-electron chi connectivity index (χ1n) is 5.36. The van der Waals surface area contributed by atoms with Gasteiger partial charge in [-0.2, -0.15) is 12.7 Å². The standard InChI is InChI=1S/C9H23N3O3S/c1-11(2)7-4-6-10-16(14,15)12(3)8-5-9-13/h10,13H,4-9H2,1-3H3. The molecule has 0 aliphatic carbocycles. The number of nitrogens with zero attached hydrogens (tertiary/aromatic N) is 2. The second kappa shape index (κ2) is 7.97. The minimum absolute atomic E-state index is 0.000486. The Morgan fingerprint density at radius 3 is 2.25 bits per heavy atom. The summed E-state index contributed by atoms with van der Waals surface area (Å²) in [6.45, 7) is 1.62. The van der Waals surface area contributed by atoms with Gasteiger partial charge in [-0.1, -0.05) is 0 Å². The first-order chi connectivity index (χ1) is 7.40. The highest BCUT2D eigenvalue weighted by Gasteiger charge is 2.15. The van der Waals surface area contributed by atoms with E-state index in [1.807, 2.05) is 19.0 Å². The maximum atomic E-state index is 11.6. The fourth-order valence-corrected chi connectivity index (χ4v) is 2.11. The normalized spacial score (nSPS) is 12.6. The Balaban J connectivity index is 3.86. The molecule has 0 rings (SSSR count). The van der Waals surface area contributed by atoms with Crippen LogP contribution in [-0.4, -0.2) is 70.1 Å². The smallest absolute Gasteiger partial charge is 0.279 e. The van der Waals surface area contributed by atoms with E-state index in [1.165, 1.54) is 11.4 Å². The van der Waals surface area contributed by atoms with E-state index in [1.54, 1.807) is 0 Å². The van der Waals surface area contributed by atoms with E-state index in [-0.39, 0.29) is 6.61 Å². The Bertz CT molecular complexity index is 267. The molecule has 0 bridgehead atoms. The molecule has 0 aromatic rings. The molecule has 0 atom stereocenters. The Kier molecular flexibility index (Phi) is 7.86. The van der Waals surface area contributed by atoms with Crippen LogP contribution < -0.4 is 4.72 Å². The quantitative estimate of drug-likeness (QED) is 0.522. The highest BCUT2D eigenvalue weighted by Crippen LogP contribution is 1.95. The van der Waals surface area contributed by atoms with Gasteiger partial charge in [0.1, 0.15) is 0 Å². The first-order valence-corrected chi connectivity index (χ1v) is 6.80. The van der Waals surface area contributed by atoms with Crippen molar-refractivity contribution in [1.29, 1.82) is 0 Å². The zero-order valence-corrected chi connectivity index (χ0v) is 11.1. The summed E-state index contributed by atoms with van der Waals surface area (Å²) in [5, 5.41) is 8.61. The van der Waals surface area contributed by atoms with Crippen molar-refractivity contribution in [3.05, 3.63) is 0 Å². The van der Waals surface area contributed by atoms with Crippen molar-refractivity contribution in [3.8, 4) is 0 Å². The Morgan fingerprint density at radius 2 is 1.75 bits per heavy atom. The van der Waals surface area contributed by atoms with Crippen molar-refractivity contribution < 1.29 is 13.5 Å². The fourth-order valence-electron chi connectivity index (χ4n) is 1.12. The van der Waals surface area contributed by atoms with Crippen LogP contribution in [0.5, 0.6) is 0 Å². The number of aliphatic hydroxyl groups excluding tert-OH is 1. The summed E-state index contributed by atoms with van der Waals surface area (Å²) >= 11 is 0. The van der Waals surface area contributed by atoms with Crippen molar-refractivity contribution in [3.63, 3.8) is 0 Å². The fraction of sp³-hybridized carbons (Fsp3) is 1.00. The van der Waals surface area contributed by atoms with Gasteiger partial charge in [-0.05, 0) is 33.5 Å². The summed E-state index contributed by atoms with van der Waals surface area (Å²) in [5.74, 6) is 0. The number of rotatable bonds is 9. The maximum Gasteiger partial charge on any atom is 0.279 e. The Morgan fingerprint density at radius 1 is 1.12 bits per heavy atom. The van der Waals surface area contributed by atoms with E-state index in [2.05, 4.69) is 4.72 Å². The van der Waals surface area contributed by atoms with Gasteiger partial charge >= 0.3 is 0 Å². The van der Waals surface area contributed by atoms with E-state index in [0.717, 1.165) is 13.0 Å². The molecule has 16 heavy (non-hydrogen) atoms. The van der Waals surface area contributed by atoms with Crippen molar-refractivity contribution in [1.82, 2.24) is 13.9 Å². The van der Waals surface area contributed by atoms with E-state index < -0.39 is 10.2 Å². The third-order valence-electron chi connectivity index (χ3n) is 2.11. The molecule has 0 spiro atoms. The summed E-state index contributed by atoms with van der Waals surface area (Å²) in [5.41, 5.74) is 0. The average Bonchev–Trinajstić information content (AvgIpc) is 2.20. The van der Waals surface area contributed by atoms with Crippen LogP contribution in [0.1, 0.15) is 12.8 Å². The third-order valence-corrected chi connectivity index (χ3v) is 3.68. The molecule has 0 aromatic carbocycles. The first kappa shape index (κ1) is 15.8. The molecule has 0 radical (unpaired) electrons. The SMILES string of the molecule is CN(C)CCCNS(=O)(=O)N(C)CCCO. The van der Waals surface area contributed by atoms with E-state index in [9.17, 15) is 8.42 Å². The molecule has 2 N–H and O–H groups in total. The predicted octanol–water partition coefficient (Wildman–Crippen LogP) is -0.913. The lowest BCUT2D eigenvalue weighted by Crippen LogP contribution is -2.39. The summed E-state index contributed by atoms with van der Waals surface area (Å²) < 4.78 is 26.9. The summed E-state index contributed by atoms with van der Waals surface area (Å²) in [7, 11) is 2.02. The Labute approximate surface area is 98.4 Å². The molecule has 7 heteroatoms. The molecule has 0 fully saturated rings. The molecule has 0 heterocycles.